The van der Waals surface area contributed by atoms with Gasteiger partial charge in [-0.3, -0.25) is 0 Å². The van der Waals surface area contributed by atoms with E-state index in [1.807, 2.05) is 11.8 Å². The molecule has 0 radical (unpaired) electrons. The number of anilines is 2. The third kappa shape index (κ3) is 3.12. The summed E-state index contributed by atoms with van der Waals surface area (Å²) in [5, 5.41) is 3.56. The highest BCUT2D eigenvalue weighted by Gasteiger charge is 2.37. The quantitative estimate of drug-likeness (QED) is 0.900. The molecule has 2 unspecified atom stereocenters. The number of halogens is 1. The molecular weight excluding hydrogens is 278 g/mol. The van der Waals surface area contributed by atoms with Gasteiger partial charge in [-0.25, -0.2) is 0 Å². The van der Waals surface area contributed by atoms with E-state index in [0.717, 1.165) is 26.1 Å². The number of nitrogens with one attached hydrogen (secondary N) is 1. The van der Waals surface area contributed by atoms with Crippen LogP contribution in [-0.4, -0.2) is 46.3 Å². The van der Waals surface area contributed by atoms with Crippen LogP contribution in [0, 0.1) is 0 Å². The van der Waals surface area contributed by atoms with Gasteiger partial charge in [0.05, 0.1) is 11.6 Å². The number of rotatable bonds is 5. The maximum Gasteiger partial charge on any atom is 0.231 e. The van der Waals surface area contributed by atoms with Crippen molar-refractivity contribution in [2.75, 3.05) is 29.9 Å². The SMILES string of the molecule is CCN(CC)c1nc(Cl)nc(NC2(C)CCOC2C)n1. The van der Waals surface area contributed by atoms with E-state index in [1.165, 1.54) is 0 Å². The van der Waals surface area contributed by atoms with Gasteiger partial charge >= 0.3 is 0 Å². The summed E-state index contributed by atoms with van der Waals surface area (Å²) >= 11 is 6.02. The molecule has 2 heterocycles. The third-order valence-corrected chi connectivity index (χ3v) is 4.10. The first-order chi connectivity index (χ1) is 9.48. The van der Waals surface area contributed by atoms with E-state index >= 15 is 0 Å². The zero-order valence-electron chi connectivity index (χ0n) is 12.5. The van der Waals surface area contributed by atoms with Gasteiger partial charge in [0.15, 0.2) is 0 Å². The molecule has 1 saturated heterocycles. The Bertz CT molecular complexity index is 468. The van der Waals surface area contributed by atoms with Crippen LogP contribution in [0.25, 0.3) is 0 Å². The molecule has 20 heavy (non-hydrogen) atoms. The predicted molar refractivity (Wildman–Crippen MR) is 80.5 cm³/mol. The van der Waals surface area contributed by atoms with E-state index in [4.69, 9.17) is 16.3 Å². The molecule has 7 heteroatoms. The summed E-state index contributed by atoms with van der Waals surface area (Å²) in [6, 6.07) is 0. The Balaban J connectivity index is 2.24. The molecule has 0 saturated carbocycles. The number of nitrogens with zero attached hydrogens (tertiary/aromatic N) is 4. The van der Waals surface area contributed by atoms with Crippen molar-refractivity contribution in [3.05, 3.63) is 5.28 Å². The summed E-state index contributed by atoms with van der Waals surface area (Å²) in [4.78, 5) is 14.9. The minimum atomic E-state index is -0.175. The molecule has 0 amide bonds. The van der Waals surface area contributed by atoms with Crippen LogP contribution >= 0.6 is 11.6 Å². The predicted octanol–water partition coefficient (Wildman–Crippen LogP) is 2.35. The van der Waals surface area contributed by atoms with Crippen LogP contribution in [0.4, 0.5) is 11.9 Å². The van der Waals surface area contributed by atoms with Crippen LogP contribution in [0.1, 0.15) is 34.1 Å². The van der Waals surface area contributed by atoms with Gasteiger partial charge in [0.2, 0.25) is 17.2 Å². The second kappa shape index (κ2) is 6.10. The lowest BCUT2D eigenvalue weighted by molar-refractivity contribution is 0.105. The van der Waals surface area contributed by atoms with Crippen molar-refractivity contribution in [3.63, 3.8) is 0 Å². The summed E-state index contributed by atoms with van der Waals surface area (Å²) in [7, 11) is 0. The van der Waals surface area contributed by atoms with Crippen LogP contribution in [0.2, 0.25) is 5.28 Å². The van der Waals surface area contributed by atoms with E-state index in [0.29, 0.717) is 11.9 Å². The second-order valence-corrected chi connectivity index (χ2v) is 5.54. The third-order valence-electron chi connectivity index (χ3n) is 3.93. The van der Waals surface area contributed by atoms with Gasteiger partial charge < -0.3 is 15.0 Å². The first kappa shape index (κ1) is 15.3. The zero-order valence-corrected chi connectivity index (χ0v) is 13.2. The molecule has 2 rings (SSSR count). The Hall–Kier alpha value is -1.14. The van der Waals surface area contributed by atoms with E-state index < -0.39 is 0 Å². The number of ether oxygens (including phenoxy) is 1. The maximum atomic E-state index is 6.02. The Morgan fingerprint density at radius 3 is 2.60 bits per heavy atom. The molecule has 1 aliphatic heterocycles. The molecule has 112 valence electrons. The lowest BCUT2D eigenvalue weighted by Gasteiger charge is -2.29. The first-order valence-corrected chi connectivity index (χ1v) is 7.42. The zero-order chi connectivity index (χ0) is 14.8. The molecule has 1 aromatic heterocycles. The average molecular weight is 300 g/mol. The van der Waals surface area contributed by atoms with Crippen LogP contribution in [-0.2, 0) is 4.74 Å². The van der Waals surface area contributed by atoms with Gasteiger partial charge in [0.1, 0.15) is 0 Å². The molecule has 1 fully saturated rings. The van der Waals surface area contributed by atoms with Gasteiger partial charge in [-0.2, -0.15) is 15.0 Å². The van der Waals surface area contributed by atoms with Crippen molar-refractivity contribution in [1.29, 1.82) is 0 Å². The van der Waals surface area contributed by atoms with E-state index in [9.17, 15) is 0 Å². The molecular formula is C13H22ClN5O. The van der Waals surface area contributed by atoms with Gasteiger partial charge in [-0.1, -0.05) is 0 Å². The minimum absolute atomic E-state index is 0.106. The van der Waals surface area contributed by atoms with Crippen molar-refractivity contribution < 1.29 is 4.74 Å². The van der Waals surface area contributed by atoms with Gasteiger partial charge in [-0.15, -0.1) is 0 Å². The molecule has 0 bridgehead atoms. The Kier molecular flexibility index (Phi) is 4.65. The van der Waals surface area contributed by atoms with Crippen molar-refractivity contribution in [2.45, 2.75) is 45.8 Å². The van der Waals surface area contributed by atoms with E-state index in [2.05, 4.69) is 41.0 Å². The highest BCUT2D eigenvalue weighted by molar-refractivity contribution is 6.28. The molecule has 0 aromatic carbocycles. The maximum absolute atomic E-state index is 6.02. The molecule has 6 nitrogen and oxygen atoms in total. The van der Waals surface area contributed by atoms with Crippen molar-refractivity contribution in [3.8, 4) is 0 Å². The van der Waals surface area contributed by atoms with Crippen LogP contribution in [0.15, 0.2) is 0 Å². The summed E-state index contributed by atoms with van der Waals surface area (Å²) in [6.45, 7) is 10.7. The molecule has 1 N–H and O–H groups in total. The topological polar surface area (TPSA) is 63.2 Å². The van der Waals surface area contributed by atoms with Crippen molar-refractivity contribution in [1.82, 2.24) is 15.0 Å². The summed E-state index contributed by atoms with van der Waals surface area (Å²) < 4.78 is 5.61. The van der Waals surface area contributed by atoms with Crippen LogP contribution < -0.4 is 10.2 Å². The first-order valence-electron chi connectivity index (χ1n) is 7.04. The van der Waals surface area contributed by atoms with Crippen LogP contribution in [0.5, 0.6) is 0 Å². The Morgan fingerprint density at radius 2 is 2.05 bits per heavy atom. The lowest BCUT2D eigenvalue weighted by atomic mass is 9.95. The second-order valence-electron chi connectivity index (χ2n) is 5.21. The molecule has 0 spiro atoms. The minimum Gasteiger partial charge on any atom is -0.376 e. The normalized spacial score (nSPS) is 25.8. The fourth-order valence-electron chi connectivity index (χ4n) is 2.30. The summed E-state index contributed by atoms with van der Waals surface area (Å²) in [5.74, 6) is 1.11. The fourth-order valence-corrected chi connectivity index (χ4v) is 2.45. The van der Waals surface area contributed by atoms with E-state index in [-0.39, 0.29) is 16.9 Å². The Labute approximate surface area is 124 Å². The number of aromatic nitrogens is 3. The monoisotopic (exact) mass is 299 g/mol. The highest BCUT2D eigenvalue weighted by Crippen LogP contribution is 2.29. The van der Waals surface area contributed by atoms with Crippen molar-refractivity contribution in [2.24, 2.45) is 0 Å². The fraction of sp³-hybridized carbons (Fsp3) is 0.769. The lowest BCUT2D eigenvalue weighted by Crippen LogP contribution is -2.42. The van der Waals surface area contributed by atoms with Gasteiger partial charge in [0.25, 0.3) is 0 Å². The molecule has 1 aromatic rings. The standard InChI is InChI=1S/C13H22ClN5O/c1-5-19(6-2)12-16-10(14)15-11(17-12)18-13(4)7-8-20-9(13)3/h9H,5-8H2,1-4H3,(H,15,16,17,18). The summed E-state index contributed by atoms with van der Waals surface area (Å²) in [6.07, 6.45) is 1.02. The molecule has 1 aliphatic rings. The Morgan fingerprint density at radius 1 is 1.35 bits per heavy atom. The van der Waals surface area contributed by atoms with Crippen molar-refractivity contribution >= 4 is 23.5 Å². The molecule has 0 aliphatic carbocycles. The smallest absolute Gasteiger partial charge is 0.231 e. The van der Waals surface area contributed by atoms with E-state index in [1.54, 1.807) is 0 Å². The highest BCUT2D eigenvalue weighted by atomic mass is 35.5. The summed E-state index contributed by atoms with van der Waals surface area (Å²) in [5.41, 5.74) is -0.175. The number of hydrogen-bond donors (Lipinski definition) is 1. The average Bonchev–Trinajstić information content (AvgIpc) is 2.70. The van der Waals surface area contributed by atoms with Crippen LogP contribution in [0.3, 0.4) is 0 Å². The largest absolute Gasteiger partial charge is 0.376 e. The van der Waals surface area contributed by atoms with Gasteiger partial charge in [0, 0.05) is 19.7 Å². The molecule has 2 atom stereocenters. The number of hydrogen-bond acceptors (Lipinski definition) is 6. The van der Waals surface area contributed by atoms with Gasteiger partial charge in [-0.05, 0) is 45.7 Å².